The molecule has 0 aromatic heterocycles. The first-order valence-electron chi connectivity index (χ1n) is 10.8. The summed E-state index contributed by atoms with van der Waals surface area (Å²) in [5.41, 5.74) is 4.01. The Labute approximate surface area is 198 Å². The largest absolute Gasteiger partial charge is 0.496 e. The predicted octanol–water partition coefficient (Wildman–Crippen LogP) is 4.87. The molecule has 0 atom stereocenters. The highest BCUT2D eigenvalue weighted by atomic mass is 35.5. The highest BCUT2D eigenvalue weighted by molar-refractivity contribution is 6.31. The van der Waals surface area contributed by atoms with Crippen LogP contribution in [0.3, 0.4) is 0 Å². The number of methoxy groups -OCH3 is 1. The molecule has 0 bridgehead atoms. The lowest BCUT2D eigenvalue weighted by Gasteiger charge is -2.36. The van der Waals surface area contributed by atoms with Crippen molar-refractivity contribution in [3.8, 4) is 5.75 Å². The van der Waals surface area contributed by atoms with Crippen molar-refractivity contribution in [3.63, 3.8) is 0 Å². The molecule has 6 nitrogen and oxygen atoms in total. The van der Waals surface area contributed by atoms with Crippen LogP contribution in [0.2, 0.25) is 5.02 Å². The van der Waals surface area contributed by atoms with E-state index in [4.69, 9.17) is 16.3 Å². The summed E-state index contributed by atoms with van der Waals surface area (Å²) in [7, 11) is 1.55. The molecule has 1 saturated heterocycles. The second-order valence-electron chi connectivity index (χ2n) is 7.99. The number of carbonyl (C=O) groups excluding carboxylic acids is 2. The van der Waals surface area contributed by atoms with Crippen molar-refractivity contribution in [2.45, 2.75) is 6.92 Å². The van der Waals surface area contributed by atoms with Gasteiger partial charge in [0, 0.05) is 48.1 Å². The third-order valence-electron chi connectivity index (χ3n) is 5.76. The highest BCUT2D eigenvalue weighted by Gasteiger charge is 2.24. The number of rotatable bonds is 5. The Morgan fingerprint density at radius 1 is 0.909 bits per heavy atom. The minimum Gasteiger partial charge on any atom is -0.496 e. The van der Waals surface area contributed by atoms with E-state index in [0.29, 0.717) is 48.1 Å². The molecule has 170 valence electrons. The Bertz CT molecular complexity index is 1140. The summed E-state index contributed by atoms with van der Waals surface area (Å²) in [5, 5.41) is 3.44. The van der Waals surface area contributed by atoms with Gasteiger partial charge >= 0.3 is 0 Å². The van der Waals surface area contributed by atoms with Crippen LogP contribution in [-0.2, 0) is 0 Å². The fourth-order valence-corrected chi connectivity index (χ4v) is 4.02. The summed E-state index contributed by atoms with van der Waals surface area (Å²) < 4.78 is 5.33. The maximum Gasteiger partial charge on any atom is 0.257 e. The number of nitrogens with zero attached hydrogens (tertiary/aromatic N) is 2. The lowest BCUT2D eigenvalue weighted by atomic mass is 10.1. The molecule has 2 amide bonds. The number of amides is 2. The zero-order chi connectivity index (χ0) is 23.4. The van der Waals surface area contributed by atoms with Crippen LogP contribution in [0.1, 0.15) is 26.3 Å². The lowest BCUT2D eigenvalue weighted by molar-refractivity contribution is 0.0743. The van der Waals surface area contributed by atoms with Crippen molar-refractivity contribution >= 4 is 34.8 Å². The van der Waals surface area contributed by atoms with E-state index in [9.17, 15) is 9.59 Å². The minimum atomic E-state index is -0.133. The Morgan fingerprint density at radius 2 is 1.58 bits per heavy atom. The standard InChI is InChI=1S/C26H26ClN3O3/c1-18-3-5-19(6-4-18)25(31)28-21-8-10-22(11-9-21)29-13-15-30(16-14-29)26(32)23-17-20(27)7-12-24(23)33-2/h3-12,17H,13-16H2,1-2H3,(H,28,31). The van der Waals surface area contributed by atoms with Gasteiger partial charge in [0.25, 0.3) is 11.8 Å². The van der Waals surface area contributed by atoms with Gasteiger partial charge in [0.1, 0.15) is 5.75 Å². The molecule has 1 heterocycles. The number of piperazine rings is 1. The maximum atomic E-state index is 13.0. The second kappa shape index (κ2) is 9.96. The van der Waals surface area contributed by atoms with E-state index in [0.717, 1.165) is 16.9 Å². The normalized spacial score (nSPS) is 13.5. The second-order valence-corrected chi connectivity index (χ2v) is 8.43. The average Bonchev–Trinajstić information content (AvgIpc) is 2.84. The van der Waals surface area contributed by atoms with Gasteiger partial charge in [0.05, 0.1) is 12.7 Å². The monoisotopic (exact) mass is 463 g/mol. The molecular weight excluding hydrogens is 438 g/mol. The molecule has 0 radical (unpaired) electrons. The van der Waals surface area contributed by atoms with Crippen LogP contribution in [-0.4, -0.2) is 50.0 Å². The molecule has 7 heteroatoms. The van der Waals surface area contributed by atoms with Gasteiger partial charge in [-0.1, -0.05) is 29.3 Å². The molecule has 4 rings (SSSR count). The maximum absolute atomic E-state index is 13.0. The van der Waals surface area contributed by atoms with Gasteiger partial charge in [-0.25, -0.2) is 0 Å². The number of hydrogen-bond acceptors (Lipinski definition) is 4. The van der Waals surface area contributed by atoms with Crippen LogP contribution >= 0.6 is 11.6 Å². The minimum absolute atomic E-state index is 0.0804. The summed E-state index contributed by atoms with van der Waals surface area (Å²) in [5.74, 6) is 0.310. The topological polar surface area (TPSA) is 61.9 Å². The number of aryl methyl sites for hydroxylation is 1. The zero-order valence-corrected chi connectivity index (χ0v) is 19.4. The van der Waals surface area contributed by atoms with Crippen molar-refractivity contribution in [1.82, 2.24) is 4.90 Å². The Kier molecular flexibility index (Phi) is 6.84. The van der Waals surface area contributed by atoms with Crippen molar-refractivity contribution in [1.29, 1.82) is 0 Å². The van der Waals surface area contributed by atoms with Crippen molar-refractivity contribution < 1.29 is 14.3 Å². The highest BCUT2D eigenvalue weighted by Crippen LogP contribution is 2.26. The molecule has 3 aromatic carbocycles. The third-order valence-corrected chi connectivity index (χ3v) is 6.00. The number of halogens is 1. The van der Waals surface area contributed by atoms with E-state index in [2.05, 4.69) is 10.2 Å². The Hall–Kier alpha value is -3.51. The molecule has 1 fully saturated rings. The summed E-state index contributed by atoms with van der Waals surface area (Å²) in [6, 6.07) is 20.3. The number of hydrogen-bond donors (Lipinski definition) is 1. The van der Waals surface area contributed by atoms with E-state index < -0.39 is 0 Å². The Balaban J connectivity index is 1.35. The average molecular weight is 464 g/mol. The van der Waals surface area contributed by atoms with E-state index >= 15 is 0 Å². The van der Waals surface area contributed by atoms with E-state index in [1.165, 1.54) is 0 Å². The number of ether oxygens (including phenoxy) is 1. The fraction of sp³-hybridized carbons (Fsp3) is 0.231. The predicted molar refractivity (Wildman–Crippen MR) is 132 cm³/mol. The number of carbonyl (C=O) groups is 2. The van der Waals surface area contributed by atoms with Crippen LogP contribution in [0.25, 0.3) is 0 Å². The van der Waals surface area contributed by atoms with Crippen molar-refractivity contribution in [3.05, 3.63) is 88.4 Å². The van der Waals surface area contributed by atoms with Gasteiger partial charge in [-0.15, -0.1) is 0 Å². The third kappa shape index (κ3) is 5.29. The smallest absolute Gasteiger partial charge is 0.257 e. The molecule has 0 unspecified atom stereocenters. The molecule has 0 spiro atoms. The molecule has 1 aliphatic rings. The van der Waals surface area contributed by atoms with Crippen LogP contribution < -0.4 is 15.0 Å². The van der Waals surface area contributed by atoms with Crippen molar-refractivity contribution in [2.24, 2.45) is 0 Å². The molecule has 3 aromatic rings. The quantitative estimate of drug-likeness (QED) is 0.586. The molecular formula is C26H26ClN3O3. The SMILES string of the molecule is COc1ccc(Cl)cc1C(=O)N1CCN(c2ccc(NC(=O)c3ccc(C)cc3)cc2)CC1. The number of anilines is 2. The first-order valence-corrected chi connectivity index (χ1v) is 11.2. The van der Waals surface area contributed by atoms with Crippen molar-refractivity contribution in [2.75, 3.05) is 43.5 Å². The van der Waals surface area contributed by atoms with Crippen LogP contribution in [0.5, 0.6) is 5.75 Å². The van der Waals surface area contributed by atoms with Gasteiger partial charge in [-0.05, 0) is 61.5 Å². The van der Waals surface area contributed by atoms with E-state index in [1.807, 2.05) is 60.4 Å². The summed E-state index contributed by atoms with van der Waals surface area (Å²) in [6.07, 6.45) is 0. The molecule has 0 aliphatic carbocycles. The lowest BCUT2D eigenvalue weighted by Crippen LogP contribution is -2.48. The van der Waals surface area contributed by atoms with Gasteiger partial charge in [0.15, 0.2) is 0 Å². The van der Waals surface area contributed by atoms with Gasteiger partial charge in [-0.3, -0.25) is 9.59 Å². The van der Waals surface area contributed by atoms with E-state index in [1.54, 1.807) is 25.3 Å². The van der Waals surface area contributed by atoms with Crippen LogP contribution in [0, 0.1) is 6.92 Å². The molecule has 0 saturated carbocycles. The summed E-state index contributed by atoms with van der Waals surface area (Å²) in [6.45, 7) is 4.61. The molecule has 1 N–H and O–H groups in total. The van der Waals surface area contributed by atoms with Gasteiger partial charge in [0.2, 0.25) is 0 Å². The van der Waals surface area contributed by atoms with Crippen LogP contribution in [0.4, 0.5) is 11.4 Å². The van der Waals surface area contributed by atoms with Gasteiger partial charge < -0.3 is 19.9 Å². The number of benzene rings is 3. The summed E-state index contributed by atoms with van der Waals surface area (Å²) in [4.78, 5) is 29.5. The van der Waals surface area contributed by atoms with E-state index in [-0.39, 0.29) is 11.8 Å². The first-order chi connectivity index (χ1) is 15.9. The molecule has 1 aliphatic heterocycles. The fourth-order valence-electron chi connectivity index (χ4n) is 3.85. The summed E-state index contributed by atoms with van der Waals surface area (Å²) >= 11 is 6.08. The van der Waals surface area contributed by atoms with Gasteiger partial charge in [-0.2, -0.15) is 0 Å². The first kappa shape index (κ1) is 22.7. The van der Waals surface area contributed by atoms with Crippen LogP contribution in [0.15, 0.2) is 66.7 Å². The Morgan fingerprint density at radius 3 is 2.21 bits per heavy atom. The number of nitrogens with one attached hydrogen (secondary N) is 1. The molecule has 33 heavy (non-hydrogen) atoms. The zero-order valence-electron chi connectivity index (χ0n) is 18.7.